The maximum atomic E-state index is 4.55. The number of aromatic nitrogens is 1. The van der Waals surface area contributed by atoms with Gasteiger partial charge in [-0.3, -0.25) is 4.98 Å². The third-order valence-electron chi connectivity index (χ3n) is 3.81. The van der Waals surface area contributed by atoms with Gasteiger partial charge in [0.1, 0.15) is 0 Å². The zero-order valence-electron chi connectivity index (χ0n) is 10.4. The highest BCUT2D eigenvalue weighted by atomic mass is 14.8. The van der Waals surface area contributed by atoms with Gasteiger partial charge in [-0.2, -0.15) is 0 Å². The van der Waals surface area contributed by atoms with Crippen molar-refractivity contribution in [1.29, 1.82) is 0 Å². The Balaban J connectivity index is 1.88. The molecule has 1 heterocycles. The van der Waals surface area contributed by atoms with E-state index >= 15 is 0 Å². The fourth-order valence-corrected chi connectivity index (χ4v) is 2.49. The molecule has 1 aliphatic rings. The molecule has 2 heteroatoms. The van der Waals surface area contributed by atoms with Crippen LogP contribution >= 0.6 is 0 Å². The molecule has 1 aromatic rings. The number of hydrogen-bond donors (Lipinski definition) is 1. The topological polar surface area (TPSA) is 24.9 Å². The monoisotopic (exact) mass is 218 g/mol. The van der Waals surface area contributed by atoms with Crippen molar-refractivity contribution in [1.82, 2.24) is 10.3 Å². The van der Waals surface area contributed by atoms with Crippen LogP contribution in [0.15, 0.2) is 18.3 Å². The highest BCUT2D eigenvalue weighted by Gasteiger charge is 2.30. The Labute approximate surface area is 98.5 Å². The lowest BCUT2D eigenvalue weighted by Gasteiger charge is -2.36. The van der Waals surface area contributed by atoms with Crippen molar-refractivity contribution in [3.63, 3.8) is 0 Å². The summed E-state index contributed by atoms with van der Waals surface area (Å²) in [4.78, 5) is 4.55. The molecule has 16 heavy (non-hydrogen) atoms. The van der Waals surface area contributed by atoms with E-state index in [4.69, 9.17) is 0 Å². The summed E-state index contributed by atoms with van der Waals surface area (Å²) in [6.07, 6.45) is 7.04. The molecule has 1 N–H and O–H groups in total. The van der Waals surface area contributed by atoms with Gasteiger partial charge in [0.15, 0.2) is 0 Å². The third kappa shape index (κ3) is 2.62. The van der Waals surface area contributed by atoms with Gasteiger partial charge in [0, 0.05) is 11.9 Å². The van der Waals surface area contributed by atoms with Crippen LogP contribution < -0.4 is 5.32 Å². The molecular formula is C14H22N2. The number of hydrogen-bond acceptors (Lipinski definition) is 2. The molecule has 1 fully saturated rings. The van der Waals surface area contributed by atoms with Crippen LogP contribution in [0.5, 0.6) is 0 Å². The lowest BCUT2D eigenvalue weighted by molar-refractivity contribution is 0.172. The summed E-state index contributed by atoms with van der Waals surface area (Å²) in [6, 6.07) is 4.42. The molecule has 2 unspecified atom stereocenters. The van der Waals surface area contributed by atoms with Crippen LogP contribution in [0.1, 0.15) is 31.0 Å². The lowest BCUT2D eigenvalue weighted by Crippen LogP contribution is -2.35. The fraction of sp³-hybridized carbons (Fsp3) is 0.643. The SMILES string of the molecule is CCc1ccc(CC2CCC2CNC)nc1. The van der Waals surface area contributed by atoms with Crippen LogP contribution in [0.4, 0.5) is 0 Å². The second-order valence-corrected chi connectivity index (χ2v) is 4.87. The average molecular weight is 218 g/mol. The van der Waals surface area contributed by atoms with Gasteiger partial charge in [0.2, 0.25) is 0 Å². The minimum absolute atomic E-state index is 0.854. The molecule has 1 aromatic heterocycles. The van der Waals surface area contributed by atoms with Gasteiger partial charge >= 0.3 is 0 Å². The van der Waals surface area contributed by atoms with Gasteiger partial charge in [-0.15, -0.1) is 0 Å². The standard InChI is InChI=1S/C14H22N2/c1-3-11-4-7-14(16-9-11)8-12-5-6-13(12)10-15-2/h4,7,9,12-13,15H,3,5-6,8,10H2,1-2H3. The van der Waals surface area contributed by atoms with Crippen LogP contribution in [-0.2, 0) is 12.8 Å². The van der Waals surface area contributed by atoms with Crippen molar-refractivity contribution in [2.24, 2.45) is 11.8 Å². The van der Waals surface area contributed by atoms with E-state index in [1.807, 2.05) is 13.2 Å². The Kier molecular flexibility index (Phi) is 3.94. The van der Waals surface area contributed by atoms with Crippen LogP contribution in [0, 0.1) is 11.8 Å². The second kappa shape index (κ2) is 5.44. The number of aryl methyl sites for hydroxylation is 1. The van der Waals surface area contributed by atoms with E-state index in [0.717, 1.165) is 31.2 Å². The quantitative estimate of drug-likeness (QED) is 0.821. The molecule has 0 aliphatic heterocycles. The van der Waals surface area contributed by atoms with Crippen molar-refractivity contribution in [3.05, 3.63) is 29.6 Å². The molecule has 0 aromatic carbocycles. The highest BCUT2D eigenvalue weighted by Crippen LogP contribution is 2.35. The average Bonchev–Trinajstić information content (AvgIpc) is 2.32. The first-order chi connectivity index (χ1) is 7.83. The first-order valence-corrected chi connectivity index (χ1v) is 6.42. The minimum atomic E-state index is 0.854. The zero-order chi connectivity index (χ0) is 11.4. The zero-order valence-corrected chi connectivity index (χ0v) is 10.4. The van der Waals surface area contributed by atoms with Crippen LogP contribution in [-0.4, -0.2) is 18.6 Å². The summed E-state index contributed by atoms with van der Waals surface area (Å²) in [5, 5.41) is 3.28. The molecule has 0 radical (unpaired) electrons. The Morgan fingerprint density at radius 2 is 2.12 bits per heavy atom. The van der Waals surface area contributed by atoms with Gasteiger partial charge in [0.25, 0.3) is 0 Å². The molecular weight excluding hydrogens is 196 g/mol. The third-order valence-corrected chi connectivity index (χ3v) is 3.81. The van der Waals surface area contributed by atoms with Gasteiger partial charge in [0.05, 0.1) is 0 Å². The van der Waals surface area contributed by atoms with Gasteiger partial charge in [-0.1, -0.05) is 13.0 Å². The van der Waals surface area contributed by atoms with Crippen molar-refractivity contribution in [2.75, 3.05) is 13.6 Å². The van der Waals surface area contributed by atoms with Gasteiger partial charge in [-0.05, 0) is 62.7 Å². The maximum absolute atomic E-state index is 4.55. The predicted molar refractivity (Wildman–Crippen MR) is 67.5 cm³/mol. The van der Waals surface area contributed by atoms with E-state index in [9.17, 15) is 0 Å². The number of nitrogens with zero attached hydrogens (tertiary/aromatic N) is 1. The van der Waals surface area contributed by atoms with Gasteiger partial charge in [-0.25, -0.2) is 0 Å². The molecule has 1 aliphatic carbocycles. The number of rotatable bonds is 5. The van der Waals surface area contributed by atoms with E-state index in [0.29, 0.717) is 0 Å². The van der Waals surface area contributed by atoms with Crippen LogP contribution in [0.2, 0.25) is 0 Å². The lowest BCUT2D eigenvalue weighted by atomic mass is 9.71. The van der Waals surface area contributed by atoms with Crippen molar-refractivity contribution in [3.8, 4) is 0 Å². The van der Waals surface area contributed by atoms with E-state index in [1.54, 1.807) is 0 Å². The summed E-state index contributed by atoms with van der Waals surface area (Å²) in [6.45, 7) is 3.34. The van der Waals surface area contributed by atoms with E-state index < -0.39 is 0 Å². The predicted octanol–water partition coefficient (Wildman–Crippen LogP) is 2.43. The van der Waals surface area contributed by atoms with E-state index in [-0.39, 0.29) is 0 Å². The molecule has 1 saturated carbocycles. The summed E-state index contributed by atoms with van der Waals surface area (Å²) < 4.78 is 0. The molecule has 88 valence electrons. The molecule has 2 atom stereocenters. The van der Waals surface area contributed by atoms with E-state index in [1.165, 1.54) is 24.1 Å². The Morgan fingerprint density at radius 1 is 1.31 bits per heavy atom. The largest absolute Gasteiger partial charge is 0.319 e. The summed E-state index contributed by atoms with van der Waals surface area (Å²) in [5.74, 6) is 1.73. The molecule has 2 rings (SSSR count). The smallest absolute Gasteiger partial charge is 0.0406 e. The van der Waals surface area contributed by atoms with Crippen molar-refractivity contribution < 1.29 is 0 Å². The Bertz CT molecular complexity index is 318. The number of pyridine rings is 1. The first-order valence-electron chi connectivity index (χ1n) is 6.42. The molecule has 0 bridgehead atoms. The van der Waals surface area contributed by atoms with Crippen LogP contribution in [0.25, 0.3) is 0 Å². The summed E-state index contributed by atoms with van der Waals surface area (Å²) >= 11 is 0. The first kappa shape index (κ1) is 11.6. The maximum Gasteiger partial charge on any atom is 0.0406 e. The second-order valence-electron chi connectivity index (χ2n) is 4.87. The highest BCUT2D eigenvalue weighted by molar-refractivity contribution is 5.14. The fourth-order valence-electron chi connectivity index (χ4n) is 2.49. The normalized spacial score (nSPS) is 24.1. The Hall–Kier alpha value is -0.890. The van der Waals surface area contributed by atoms with Gasteiger partial charge < -0.3 is 5.32 Å². The minimum Gasteiger partial charge on any atom is -0.319 e. The van der Waals surface area contributed by atoms with E-state index in [2.05, 4.69) is 29.4 Å². The van der Waals surface area contributed by atoms with Crippen molar-refractivity contribution in [2.45, 2.75) is 32.6 Å². The number of nitrogens with one attached hydrogen (secondary N) is 1. The molecule has 2 nitrogen and oxygen atoms in total. The van der Waals surface area contributed by atoms with Crippen molar-refractivity contribution >= 4 is 0 Å². The van der Waals surface area contributed by atoms with Crippen LogP contribution in [0.3, 0.4) is 0 Å². The Morgan fingerprint density at radius 3 is 2.62 bits per heavy atom. The molecule has 0 saturated heterocycles. The summed E-state index contributed by atoms with van der Waals surface area (Å²) in [5.41, 5.74) is 2.60. The molecule has 0 spiro atoms. The molecule has 0 amide bonds. The summed E-state index contributed by atoms with van der Waals surface area (Å²) in [7, 11) is 2.05.